The number of benzene rings is 2. The molecule has 0 spiro atoms. The molecule has 28 heavy (non-hydrogen) atoms. The first-order valence-electron chi connectivity index (χ1n) is 9.36. The van der Waals surface area contributed by atoms with Crippen molar-refractivity contribution in [2.24, 2.45) is 0 Å². The van der Waals surface area contributed by atoms with Crippen LogP contribution < -0.4 is 10.1 Å². The molecule has 1 aliphatic rings. The molecule has 1 saturated heterocycles. The lowest BCUT2D eigenvalue weighted by Gasteiger charge is -2.25. The minimum absolute atomic E-state index is 0.0978. The number of piperidine rings is 1. The highest BCUT2D eigenvalue weighted by molar-refractivity contribution is 6.30. The van der Waals surface area contributed by atoms with Crippen LogP contribution >= 0.6 is 11.6 Å². The molecule has 0 bridgehead atoms. The first-order valence-corrected chi connectivity index (χ1v) is 9.74. The maximum absolute atomic E-state index is 12.1. The van der Waals surface area contributed by atoms with Crippen LogP contribution in [0.4, 0.5) is 0 Å². The van der Waals surface area contributed by atoms with Crippen molar-refractivity contribution < 1.29 is 18.7 Å². The van der Waals surface area contributed by atoms with Gasteiger partial charge in [0.05, 0.1) is 12.5 Å². The predicted octanol–water partition coefficient (Wildman–Crippen LogP) is 4.98. The molecular weight excluding hydrogens is 378 g/mol. The molecule has 2 aromatic carbocycles. The van der Waals surface area contributed by atoms with Gasteiger partial charge in [0.15, 0.2) is 0 Å². The molecule has 0 amide bonds. The fraction of sp³-hybridized carbons (Fsp3) is 0.318. The number of hydrogen-bond donors (Lipinski definition) is 1. The van der Waals surface area contributed by atoms with Crippen LogP contribution in [0.15, 0.2) is 40.8 Å². The summed E-state index contributed by atoms with van der Waals surface area (Å²) in [6.45, 7) is 3.70. The van der Waals surface area contributed by atoms with Gasteiger partial charge >= 0.3 is 5.97 Å². The van der Waals surface area contributed by atoms with Crippen LogP contribution in [0.1, 0.15) is 29.0 Å². The molecule has 0 radical (unpaired) electrons. The summed E-state index contributed by atoms with van der Waals surface area (Å²) in [6.07, 6.45) is 1.94. The highest BCUT2D eigenvalue weighted by Crippen LogP contribution is 2.42. The second-order valence-electron chi connectivity index (χ2n) is 6.94. The summed E-state index contributed by atoms with van der Waals surface area (Å²) < 4.78 is 17.2. The summed E-state index contributed by atoms with van der Waals surface area (Å²) in [5, 5.41) is 4.81. The molecule has 5 nitrogen and oxygen atoms in total. The predicted molar refractivity (Wildman–Crippen MR) is 109 cm³/mol. The van der Waals surface area contributed by atoms with E-state index in [1.165, 1.54) is 7.11 Å². The van der Waals surface area contributed by atoms with E-state index in [1.807, 2.05) is 43.3 Å². The Morgan fingerprint density at radius 3 is 2.71 bits per heavy atom. The number of fused-ring (bicyclic) bond motifs is 1. The lowest BCUT2D eigenvalue weighted by molar-refractivity contribution is 0.0566. The van der Waals surface area contributed by atoms with Gasteiger partial charge in [-0.25, -0.2) is 4.79 Å². The number of esters is 1. The van der Waals surface area contributed by atoms with Crippen LogP contribution in [0, 0.1) is 6.92 Å². The van der Waals surface area contributed by atoms with Gasteiger partial charge < -0.3 is 19.2 Å². The van der Waals surface area contributed by atoms with Gasteiger partial charge in [0.1, 0.15) is 17.4 Å². The van der Waals surface area contributed by atoms with Gasteiger partial charge in [0.25, 0.3) is 0 Å². The van der Waals surface area contributed by atoms with E-state index in [-0.39, 0.29) is 11.9 Å². The number of halogens is 1. The average Bonchev–Trinajstić information content (AvgIpc) is 3.05. The number of hydrogen-bond acceptors (Lipinski definition) is 5. The Labute approximate surface area is 168 Å². The Hall–Kier alpha value is -2.50. The number of aryl methyl sites for hydroxylation is 1. The molecule has 4 rings (SSSR count). The standard InChI is InChI=1S/C22H22ClNO4/c1-13-19-18(28-20(13)22(25)26-2)7-6-17(14-4-3-5-15(23)12-14)21(19)27-16-8-10-24-11-9-16/h3-7,12,16,24H,8-11H2,1-2H3. The molecule has 6 heteroatoms. The van der Waals surface area contributed by atoms with Gasteiger partial charge in [-0.15, -0.1) is 0 Å². The molecule has 0 unspecified atom stereocenters. The largest absolute Gasteiger partial charge is 0.489 e. The molecule has 1 N–H and O–H groups in total. The van der Waals surface area contributed by atoms with Crippen LogP contribution in [0.5, 0.6) is 5.75 Å². The normalized spacial score (nSPS) is 15.0. The fourth-order valence-corrected chi connectivity index (χ4v) is 3.87. The maximum atomic E-state index is 12.1. The van der Waals surface area contributed by atoms with Crippen LogP contribution in [-0.4, -0.2) is 32.3 Å². The van der Waals surface area contributed by atoms with Crippen LogP contribution in [0.2, 0.25) is 5.02 Å². The third-order valence-corrected chi connectivity index (χ3v) is 5.36. The van der Waals surface area contributed by atoms with Gasteiger partial charge in [-0.3, -0.25) is 0 Å². The van der Waals surface area contributed by atoms with Crippen molar-refractivity contribution in [2.45, 2.75) is 25.9 Å². The number of carbonyl (C=O) groups is 1. The minimum atomic E-state index is -0.495. The first-order chi connectivity index (χ1) is 13.6. The highest BCUT2D eigenvalue weighted by atomic mass is 35.5. The van der Waals surface area contributed by atoms with Crippen LogP contribution in [-0.2, 0) is 4.74 Å². The van der Waals surface area contributed by atoms with Crippen molar-refractivity contribution in [3.05, 3.63) is 52.7 Å². The van der Waals surface area contributed by atoms with E-state index in [1.54, 1.807) is 0 Å². The summed E-state index contributed by atoms with van der Waals surface area (Å²) in [7, 11) is 1.35. The van der Waals surface area contributed by atoms with E-state index in [4.69, 9.17) is 25.5 Å². The number of ether oxygens (including phenoxy) is 2. The lowest BCUT2D eigenvalue weighted by Crippen LogP contribution is -2.34. The quantitative estimate of drug-likeness (QED) is 0.627. The van der Waals surface area contributed by atoms with Gasteiger partial charge in [-0.05, 0) is 62.7 Å². The van der Waals surface area contributed by atoms with Crippen LogP contribution in [0.3, 0.4) is 0 Å². The molecular formula is C22H22ClNO4. The molecule has 0 saturated carbocycles. The monoisotopic (exact) mass is 399 g/mol. The number of methoxy groups -OCH3 is 1. The highest BCUT2D eigenvalue weighted by Gasteiger charge is 2.25. The lowest BCUT2D eigenvalue weighted by atomic mass is 10.00. The zero-order chi connectivity index (χ0) is 19.7. The smallest absolute Gasteiger partial charge is 0.374 e. The average molecular weight is 400 g/mol. The summed E-state index contributed by atoms with van der Waals surface area (Å²) in [5.41, 5.74) is 3.20. The summed E-state index contributed by atoms with van der Waals surface area (Å²) in [5.74, 6) is 0.435. The summed E-state index contributed by atoms with van der Waals surface area (Å²) >= 11 is 6.22. The second-order valence-corrected chi connectivity index (χ2v) is 7.38. The molecule has 0 aliphatic carbocycles. The minimum Gasteiger partial charge on any atom is -0.489 e. The van der Waals surface area contributed by atoms with Gasteiger partial charge in [0.2, 0.25) is 5.76 Å². The maximum Gasteiger partial charge on any atom is 0.374 e. The number of nitrogens with one attached hydrogen (secondary N) is 1. The Morgan fingerprint density at radius 2 is 2.00 bits per heavy atom. The van der Waals surface area contributed by atoms with Crippen molar-refractivity contribution >= 4 is 28.5 Å². The first kappa shape index (κ1) is 18.8. The Kier molecular flexibility index (Phi) is 5.29. The summed E-state index contributed by atoms with van der Waals surface area (Å²) in [6, 6.07) is 11.5. The topological polar surface area (TPSA) is 60.7 Å². The molecule has 1 fully saturated rings. The van der Waals surface area contributed by atoms with Gasteiger partial charge in [-0.2, -0.15) is 0 Å². The molecule has 0 atom stereocenters. The number of furan rings is 1. The second kappa shape index (κ2) is 7.86. The number of rotatable bonds is 4. The van der Waals surface area contributed by atoms with Crippen LogP contribution in [0.25, 0.3) is 22.1 Å². The van der Waals surface area contributed by atoms with E-state index >= 15 is 0 Å². The molecule has 1 aliphatic heterocycles. The zero-order valence-electron chi connectivity index (χ0n) is 15.9. The number of carbonyl (C=O) groups excluding carboxylic acids is 1. The van der Waals surface area contributed by atoms with E-state index in [2.05, 4.69) is 5.32 Å². The summed E-state index contributed by atoms with van der Waals surface area (Å²) in [4.78, 5) is 12.1. The zero-order valence-corrected chi connectivity index (χ0v) is 16.6. The van der Waals surface area contributed by atoms with Crippen molar-refractivity contribution in [1.29, 1.82) is 0 Å². The van der Waals surface area contributed by atoms with Crippen molar-refractivity contribution in [3.63, 3.8) is 0 Å². The SMILES string of the molecule is COC(=O)c1oc2ccc(-c3cccc(Cl)c3)c(OC3CCNCC3)c2c1C. The Balaban J connectivity index is 1.91. The van der Waals surface area contributed by atoms with E-state index < -0.39 is 5.97 Å². The molecule has 3 aromatic rings. The van der Waals surface area contributed by atoms with Crippen molar-refractivity contribution in [3.8, 4) is 16.9 Å². The van der Waals surface area contributed by atoms with Gasteiger partial charge in [-0.1, -0.05) is 23.7 Å². The van der Waals surface area contributed by atoms with E-state index in [0.29, 0.717) is 10.6 Å². The van der Waals surface area contributed by atoms with E-state index in [9.17, 15) is 4.79 Å². The molecule has 1 aromatic heterocycles. The third kappa shape index (κ3) is 3.48. The third-order valence-electron chi connectivity index (χ3n) is 5.12. The Morgan fingerprint density at radius 1 is 1.21 bits per heavy atom. The fourth-order valence-electron chi connectivity index (χ4n) is 3.68. The molecule has 2 heterocycles. The van der Waals surface area contributed by atoms with E-state index in [0.717, 1.165) is 53.8 Å². The Bertz CT molecular complexity index is 1020. The van der Waals surface area contributed by atoms with Crippen molar-refractivity contribution in [1.82, 2.24) is 5.32 Å². The molecule has 146 valence electrons. The van der Waals surface area contributed by atoms with Gasteiger partial charge in [0, 0.05) is 16.1 Å². The van der Waals surface area contributed by atoms with Crippen molar-refractivity contribution in [2.75, 3.05) is 20.2 Å².